The third-order valence-corrected chi connectivity index (χ3v) is 5.55. The van der Waals surface area contributed by atoms with Gasteiger partial charge < -0.3 is 0 Å². The van der Waals surface area contributed by atoms with Crippen LogP contribution in [0.2, 0.25) is 10.0 Å². The summed E-state index contributed by atoms with van der Waals surface area (Å²) in [4.78, 5) is 0. The summed E-state index contributed by atoms with van der Waals surface area (Å²) in [7, 11) is -3.22. The third kappa shape index (κ3) is 2.81. The van der Waals surface area contributed by atoms with E-state index in [0.29, 0.717) is 29.6 Å². The zero-order chi connectivity index (χ0) is 15.2. The number of H-pyrrole nitrogens is 1. The second-order valence-corrected chi connectivity index (χ2v) is 7.80. The van der Waals surface area contributed by atoms with Gasteiger partial charge in [0.15, 0.2) is 0 Å². The van der Waals surface area contributed by atoms with Crippen molar-refractivity contribution in [3.05, 3.63) is 39.5 Å². The number of rotatable bonds is 2. The third-order valence-electron chi connectivity index (χ3n) is 3.56. The summed E-state index contributed by atoms with van der Waals surface area (Å²) in [6.45, 7) is 0.787. The van der Waals surface area contributed by atoms with Crippen LogP contribution in [0.1, 0.15) is 11.3 Å². The molecular weight excluding hydrogens is 333 g/mol. The first-order valence-corrected chi connectivity index (χ1v) is 8.93. The summed E-state index contributed by atoms with van der Waals surface area (Å²) >= 11 is 12.0. The Morgan fingerprint density at radius 3 is 2.71 bits per heavy atom. The van der Waals surface area contributed by atoms with Crippen molar-refractivity contribution in [2.75, 3.05) is 12.8 Å². The van der Waals surface area contributed by atoms with Gasteiger partial charge in [0.2, 0.25) is 10.0 Å². The average Bonchev–Trinajstić information content (AvgIpc) is 2.84. The van der Waals surface area contributed by atoms with E-state index in [1.165, 1.54) is 10.6 Å². The molecule has 0 radical (unpaired) electrons. The molecule has 0 saturated heterocycles. The Labute approximate surface area is 132 Å². The van der Waals surface area contributed by atoms with Crippen LogP contribution in [0.25, 0.3) is 11.3 Å². The molecule has 0 atom stereocenters. The van der Waals surface area contributed by atoms with E-state index in [1.54, 1.807) is 12.1 Å². The van der Waals surface area contributed by atoms with E-state index < -0.39 is 10.0 Å². The lowest BCUT2D eigenvalue weighted by atomic mass is 10.0. The Morgan fingerprint density at radius 1 is 1.29 bits per heavy atom. The minimum absolute atomic E-state index is 0.320. The Kier molecular flexibility index (Phi) is 3.73. The van der Waals surface area contributed by atoms with Crippen LogP contribution in [-0.2, 0) is 23.0 Å². The number of halogens is 2. The standard InChI is InChI=1S/C13H13Cl2N3O2S/c1-21(19,20)18-5-4-12-9(7-18)13(17-16-12)8-2-3-10(14)11(15)6-8/h2-3,6H,4-5,7H2,1H3,(H,16,17). The van der Waals surface area contributed by atoms with Crippen LogP contribution in [0.3, 0.4) is 0 Å². The molecule has 0 spiro atoms. The normalized spacial score (nSPS) is 16.0. The lowest BCUT2D eigenvalue weighted by molar-refractivity contribution is 0.394. The van der Waals surface area contributed by atoms with E-state index in [0.717, 1.165) is 22.5 Å². The number of aromatic amines is 1. The molecule has 2 heterocycles. The molecule has 0 amide bonds. The van der Waals surface area contributed by atoms with E-state index in [-0.39, 0.29) is 0 Å². The van der Waals surface area contributed by atoms with Gasteiger partial charge in [-0.25, -0.2) is 8.42 Å². The van der Waals surface area contributed by atoms with Crippen molar-refractivity contribution in [1.29, 1.82) is 0 Å². The largest absolute Gasteiger partial charge is 0.282 e. The van der Waals surface area contributed by atoms with Crippen LogP contribution in [0, 0.1) is 0 Å². The summed E-state index contributed by atoms with van der Waals surface area (Å²) in [5.41, 5.74) is 3.40. The molecule has 0 saturated carbocycles. The average molecular weight is 346 g/mol. The highest BCUT2D eigenvalue weighted by Gasteiger charge is 2.27. The molecule has 1 aromatic heterocycles. The molecule has 1 aromatic carbocycles. The fraction of sp³-hybridized carbons (Fsp3) is 0.308. The summed E-state index contributed by atoms with van der Waals surface area (Å²) in [6, 6.07) is 5.27. The summed E-state index contributed by atoms with van der Waals surface area (Å²) < 4.78 is 24.9. The van der Waals surface area contributed by atoms with Crippen molar-refractivity contribution in [2.24, 2.45) is 0 Å². The van der Waals surface area contributed by atoms with Crippen molar-refractivity contribution < 1.29 is 8.42 Å². The molecule has 0 unspecified atom stereocenters. The molecule has 5 nitrogen and oxygen atoms in total. The number of sulfonamides is 1. The number of aromatic nitrogens is 2. The molecule has 112 valence electrons. The van der Waals surface area contributed by atoms with Crippen molar-refractivity contribution in [3.8, 4) is 11.3 Å². The zero-order valence-corrected chi connectivity index (χ0v) is 13.6. The van der Waals surface area contributed by atoms with Crippen LogP contribution in [-0.4, -0.2) is 35.7 Å². The Bertz CT molecular complexity index is 802. The molecule has 8 heteroatoms. The minimum Gasteiger partial charge on any atom is -0.282 e. The van der Waals surface area contributed by atoms with Gasteiger partial charge in [0.05, 0.1) is 22.0 Å². The SMILES string of the molecule is CS(=O)(=O)N1CCc2[nH]nc(-c3ccc(Cl)c(Cl)c3)c2C1. The number of hydrogen-bond acceptors (Lipinski definition) is 3. The number of nitrogens with zero attached hydrogens (tertiary/aromatic N) is 2. The number of hydrogen-bond donors (Lipinski definition) is 1. The molecule has 1 aliphatic heterocycles. The molecule has 1 aliphatic rings. The van der Waals surface area contributed by atoms with Crippen LogP contribution >= 0.6 is 23.2 Å². The van der Waals surface area contributed by atoms with Gasteiger partial charge in [-0.2, -0.15) is 9.40 Å². The van der Waals surface area contributed by atoms with Gasteiger partial charge in [-0.1, -0.05) is 29.3 Å². The number of nitrogens with one attached hydrogen (secondary N) is 1. The Balaban J connectivity index is 2.03. The summed E-state index contributed by atoms with van der Waals surface area (Å²) in [6.07, 6.45) is 1.84. The molecule has 0 bridgehead atoms. The fourth-order valence-corrected chi connectivity index (χ4v) is 3.52. The molecule has 1 N–H and O–H groups in total. The molecule has 0 aliphatic carbocycles. The smallest absolute Gasteiger partial charge is 0.211 e. The molecule has 21 heavy (non-hydrogen) atoms. The van der Waals surface area contributed by atoms with Gasteiger partial charge >= 0.3 is 0 Å². The minimum atomic E-state index is -3.22. The van der Waals surface area contributed by atoms with Gasteiger partial charge in [0.25, 0.3) is 0 Å². The van der Waals surface area contributed by atoms with Crippen molar-refractivity contribution >= 4 is 33.2 Å². The number of fused-ring (bicyclic) bond motifs is 1. The molecule has 2 aromatic rings. The Morgan fingerprint density at radius 2 is 2.05 bits per heavy atom. The van der Waals surface area contributed by atoms with Gasteiger partial charge in [0, 0.05) is 36.3 Å². The van der Waals surface area contributed by atoms with Gasteiger partial charge in [-0.15, -0.1) is 0 Å². The lowest BCUT2D eigenvalue weighted by Gasteiger charge is -2.24. The lowest BCUT2D eigenvalue weighted by Crippen LogP contribution is -2.35. The molecule has 0 fully saturated rings. The van der Waals surface area contributed by atoms with E-state index in [9.17, 15) is 8.42 Å². The molecule has 3 rings (SSSR count). The van der Waals surface area contributed by atoms with E-state index in [2.05, 4.69) is 10.2 Å². The maximum absolute atomic E-state index is 11.7. The fourth-order valence-electron chi connectivity index (χ4n) is 2.44. The van der Waals surface area contributed by atoms with Crippen molar-refractivity contribution in [3.63, 3.8) is 0 Å². The first-order valence-electron chi connectivity index (χ1n) is 6.33. The first kappa shape index (κ1) is 14.8. The van der Waals surface area contributed by atoms with Gasteiger partial charge in [-0.05, 0) is 12.1 Å². The zero-order valence-electron chi connectivity index (χ0n) is 11.2. The monoisotopic (exact) mass is 345 g/mol. The second kappa shape index (κ2) is 5.28. The first-order chi connectivity index (χ1) is 9.86. The predicted octanol–water partition coefficient (Wildman–Crippen LogP) is 2.70. The second-order valence-electron chi connectivity index (χ2n) is 5.00. The summed E-state index contributed by atoms with van der Waals surface area (Å²) in [5, 5.41) is 8.21. The quantitative estimate of drug-likeness (QED) is 0.909. The van der Waals surface area contributed by atoms with Crippen LogP contribution in [0.15, 0.2) is 18.2 Å². The van der Waals surface area contributed by atoms with E-state index in [1.807, 2.05) is 6.07 Å². The van der Waals surface area contributed by atoms with Crippen LogP contribution in [0.5, 0.6) is 0 Å². The van der Waals surface area contributed by atoms with Gasteiger partial charge in [-0.3, -0.25) is 5.10 Å². The molecular formula is C13H13Cl2N3O2S. The highest BCUT2D eigenvalue weighted by Crippen LogP contribution is 2.32. The maximum atomic E-state index is 11.7. The maximum Gasteiger partial charge on any atom is 0.211 e. The van der Waals surface area contributed by atoms with E-state index in [4.69, 9.17) is 23.2 Å². The van der Waals surface area contributed by atoms with Crippen LogP contribution in [0.4, 0.5) is 0 Å². The predicted molar refractivity (Wildman–Crippen MR) is 83.0 cm³/mol. The number of benzene rings is 1. The summed E-state index contributed by atoms with van der Waals surface area (Å²) in [5.74, 6) is 0. The Hall–Kier alpha value is -1.08. The van der Waals surface area contributed by atoms with Gasteiger partial charge in [0.1, 0.15) is 0 Å². The van der Waals surface area contributed by atoms with E-state index >= 15 is 0 Å². The highest BCUT2D eigenvalue weighted by atomic mass is 35.5. The van der Waals surface area contributed by atoms with Crippen molar-refractivity contribution in [2.45, 2.75) is 13.0 Å². The highest BCUT2D eigenvalue weighted by molar-refractivity contribution is 7.88. The topological polar surface area (TPSA) is 66.1 Å². The van der Waals surface area contributed by atoms with Crippen molar-refractivity contribution in [1.82, 2.24) is 14.5 Å². The van der Waals surface area contributed by atoms with Crippen LogP contribution < -0.4 is 0 Å².